The van der Waals surface area contributed by atoms with Gasteiger partial charge in [0.15, 0.2) is 0 Å². The molecule has 1 aliphatic heterocycles. The van der Waals surface area contributed by atoms with Crippen molar-refractivity contribution in [2.24, 2.45) is 0 Å². The monoisotopic (exact) mass is 322 g/mol. The van der Waals surface area contributed by atoms with Crippen molar-refractivity contribution < 1.29 is 14.3 Å². The average Bonchev–Trinajstić information content (AvgIpc) is 2.62. The van der Waals surface area contributed by atoms with Crippen LogP contribution in [0.25, 0.3) is 6.08 Å². The maximum Gasteiger partial charge on any atom is 0.268 e. The van der Waals surface area contributed by atoms with E-state index in [2.05, 4.69) is 5.32 Å². The number of rotatable bonds is 4. The lowest BCUT2D eigenvalue weighted by molar-refractivity contribution is -0.136. The first kappa shape index (κ1) is 15.8. The molecule has 122 valence electrons. The molecular formula is C19H18N2O3. The molecule has 1 heterocycles. The van der Waals surface area contributed by atoms with E-state index >= 15 is 0 Å². The van der Waals surface area contributed by atoms with E-state index in [4.69, 9.17) is 4.74 Å². The predicted octanol–water partition coefficient (Wildman–Crippen LogP) is 2.19. The summed E-state index contributed by atoms with van der Waals surface area (Å²) in [6.45, 7) is 0.379. The van der Waals surface area contributed by atoms with Crippen molar-refractivity contribution in [2.75, 3.05) is 13.7 Å². The molecule has 2 amide bonds. The lowest BCUT2D eigenvalue weighted by Gasteiger charge is -2.29. The van der Waals surface area contributed by atoms with Gasteiger partial charge in [-0.2, -0.15) is 0 Å². The number of ether oxygens (including phenoxy) is 1. The fourth-order valence-corrected chi connectivity index (χ4v) is 2.57. The minimum Gasteiger partial charge on any atom is -0.497 e. The summed E-state index contributed by atoms with van der Waals surface area (Å²) in [5.41, 5.74) is 2.10. The molecule has 1 saturated heterocycles. The second-order valence-electron chi connectivity index (χ2n) is 5.45. The zero-order valence-corrected chi connectivity index (χ0v) is 13.4. The number of hydrogen-bond donors (Lipinski definition) is 1. The SMILES string of the molecule is COc1cccc(/C=C2/C(=O)NCC(=O)N2Cc2ccccc2)c1. The highest BCUT2D eigenvalue weighted by molar-refractivity contribution is 6.05. The molecule has 0 radical (unpaired) electrons. The van der Waals surface area contributed by atoms with Gasteiger partial charge in [-0.15, -0.1) is 0 Å². The first-order valence-corrected chi connectivity index (χ1v) is 7.65. The van der Waals surface area contributed by atoms with Gasteiger partial charge in [0.2, 0.25) is 5.91 Å². The van der Waals surface area contributed by atoms with E-state index in [9.17, 15) is 9.59 Å². The van der Waals surface area contributed by atoms with Crippen molar-refractivity contribution in [1.29, 1.82) is 0 Å². The molecule has 2 aromatic carbocycles. The van der Waals surface area contributed by atoms with Crippen LogP contribution in [0.1, 0.15) is 11.1 Å². The van der Waals surface area contributed by atoms with Gasteiger partial charge >= 0.3 is 0 Å². The van der Waals surface area contributed by atoms with Crippen molar-refractivity contribution in [2.45, 2.75) is 6.54 Å². The lowest BCUT2D eigenvalue weighted by atomic mass is 10.1. The fraction of sp³-hybridized carbons (Fsp3) is 0.158. The van der Waals surface area contributed by atoms with Crippen LogP contribution in [0.2, 0.25) is 0 Å². The number of carbonyl (C=O) groups excluding carboxylic acids is 2. The molecule has 0 aliphatic carbocycles. The normalized spacial score (nSPS) is 16.2. The van der Waals surface area contributed by atoms with Crippen molar-refractivity contribution in [1.82, 2.24) is 10.2 Å². The van der Waals surface area contributed by atoms with Crippen LogP contribution < -0.4 is 10.1 Å². The van der Waals surface area contributed by atoms with Crippen molar-refractivity contribution >= 4 is 17.9 Å². The summed E-state index contributed by atoms with van der Waals surface area (Å²) in [7, 11) is 1.59. The number of benzene rings is 2. The van der Waals surface area contributed by atoms with Crippen LogP contribution in [-0.4, -0.2) is 30.4 Å². The number of hydrogen-bond acceptors (Lipinski definition) is 3. The number of amides is 2. The summed E-state index contributed by atoms with van der Waals surface area (Å²) >= 11 is 0. The Morgan fingerprint density at radius 1 is 1.12 bits per heavy atom. The second kappa shape index (κ2) is 7.00. The zero-order valence-electron chi connectivity index (χ0n) is 13.4. The molecule has 5 nitrogen and oxygen atoms in total. The van der Waals surface area contributed by atoms with Gasteiger partial charge in [0, 0.05) is 0 Å². The Morgan fingerprint density at radius 3 is 2.67 bits per heavy atom. The Morgan fingerprint density at radius 2 is 1.92 bits per heavy atom. The lowest BCUT2D eigenvalue weighted by Crippen LogP contribution is -2.49. The minimum absolute atomic E-state index is 0.0150. The summed E-state index contributed by atoms with van der Waals surface area (Å²) in [5, 5.41) is 2.62. The maximum absolute atomic E-state index is 12.3. The third kappa shape index (κ3) is 3.46. The van der Waals surface area contributed by atoms with Crippen LogP contribution in [0.3, 0.4) is 0 Å². The number of nitrogens with one attached hydrogen (secondary N) is 1. The van der Waals surface area contributed by atoms with Crippen LogP contribution >= 0.6 is 0 Å². The smallest absolute Gasteiger partial charge is 0.268 e. The largest absolute Gasteiger partial charge is 0.497 e. The summed E-state index contributed by atoms with van der Waals surface area (Å²) in [6.07, 6.45) is 1.71. The van der Waals surface area contributed by atoms with Crippen molar-refractivity contribution in [3.05, 3.63) is 71.4 Å². The quantitative estimate of drug-likeness (QED) is 0.878. The van der Waals surface area contributed by atoms with Crippen LogP contribution in [0.5, 0.6) is 5.75 Å². The van der Waals surface area contributed by atoms with Crippen LogP contribution in [0, 0.1) is 0 Å². The Labute approximate surface area is 140 Å². The Balaban J connectivity index is 1.95. The van der Waals surface area contributed by atoms with E-state index in [1.807, 2.05) is 54.6 Å². The average molecular weight is 322 g/mol. The molecule has 0 spiro atoms. The molecule has 1 fully saturated rings. The highest BCUT2D eigenvalue weighted by Crippen LogP contribution is 2.20. The standard InChI is InChI=1S/C19H18N2O3/c1-24-16-9-5-8-15(10-16)11-17-19(23)20-12-18(22)21(17)13-14-6-3-2-4-7-14/h2-11H,12-13H2,1H3,(H,20,23)/b17-11-. The molecule has 24 heavy (non-hydrogen) atoms. The van der Waals surface area contributed by atoms with Gasteiger partial charge in [-0.25, -0.2) is 0 Å². The Bertz CT molecular complexity index is 784. The molecule has 1 aliphatic rings. The number of carbonyl (C=O) groups is 2. The van der Waals surface area contributed by atoms with Crippen LogP contribution in [-0.2, 0) is 16.1 Å². The van der Waals surface area contributed by atoms with E-state index in [0.29, 0.717) is 18.0 Å². The number of methoxy groups -OCH3 is 1. The fourth-order valence-electron chi connectivity index (χ4n) is 2.57. The van der Waals surface area contributed by atoms with E-state index in [1.54, 1.807) is 13.2 Å². The van der Waals surface area contributed by atoms with E-state index in [1.165, 1.54) is 4.90 Å². The van der Waals surface area contributed by atoms with Gasteiger partial charge in [0.25, 0.3) is 5.91 Å². The van der Waals surface area contributed by atoms with Crippen molar-refractivity contribution in [3.63, 3.8) is 0 Å². The van der Waals surface area contributed by atoms with E-state index < -0.39 is 0 Å². The molecule has 0 aromatic heterocycles. The van der Waals surface area contributed by atoms with Gasteiger partial charge in [-0.1, -0.05) is 42.5 Å². The van der Waals surface area contributed by atoms with Gasteiger partial charge < -0.3 is 15.0 Å². The summed E-state index contributed by atoms with van der Waals surface area (Å²) in [6, 6.07) is 17.0. The highest BCUT2D eigenvalue weighted by atomic mass is 16.5. The third-order valence-corrected chi connectivity index (χ3v) is 3.81. The van der Waals surface area contributed by atoms with Crippen molar-refractivity contribution in [3.8, 4) is 5.75 Å². The first-order valence-electron chi connectivity index (χ1n) is 7.65. The molecule has 5 heteroatoms. The van der Waals surface area contributed by atoms with Gasteiger partial charge in [-0.3, -0.25) is 9.59 Å². The van der Waals surface area contributed by atoms with Crippen LogP contribution in [0.4, 0.5) is 0 Å². The third-order valence-electron chi connectivity index (χ3n) is 3.81. The van der Waals surface area contributed by atoms with Crippen LogP contribution in [0.15, 0.2) is 60.3 Å². The zero-order chi connectivity index (χ0) is 16.9. The minimum atomic E-state index is -0.256. The summed E-state index contributed by atoms with van der Waals surface area (Å²) in [5.74, 6) is 0.308. The molecule has 0 saturated carbocycles. The van der Waals surface area contributed by atoms with E-state index in [0.717, 1.165) is 11.1 Å². The molecular weight excluding hydrogens is 304 g/mol. The predicted molar refractivity (Wildman–Crippen MR) is 91.0 cm³/mol. The number of nitrogens with zero attached hydrogens (tertiary/aromatic N) is 1. The molecule has 0 bridgehead atoms. The molecule has 1 N–H and O–H groups in total. The Kier molecular flexibility index (Phi) is 4.61. The van der Waals surface area contributed by atoms with Gasteiger partial charge in [0.1, 0.15) is 11.4 Å². The topological polar surface area (TPSA) is 58.6 Å². The van der Waals surface area contributed by atoms with Gasteiger partial charge in [-0.05, 0) is 29.3 Å². The molecule has 0 atom stereocenters. The molecule has 2 aromatic rings. The summed E-state index contributed by atoms with van der Waals surface area (Å²) in [4.78, 5) is 26.1. The number of piperazine rings is 1. The molecule has 3 rings (SSSR count). The summed E-state index contributed by atoms with van der Waals surface area (Å²) < 4.78 is 5.20. The second-order valence-corrected chi connectivity index (χ2v) is 5.45. The highest BCUT2D eigenvalue weighted by Gasteiger charge is 2.29. The maximum atomic E-state index is 12.3. The first-order chi connectivity index (χ1) is 11.7. The Hall–Kier alpha value is -3.08. The van der Waals surface area contributed by atoms with Gasteiger partial charge in [0.05, 0.1) is 20.2 Å². The van der Waals surface area contributed by atoms with E-state index in [-0.39, 0.29) is 18.4 Å². The molecule has 0 unspecified atom stereocenters.